The molecule has 1 aromatic heterocycles. The van der Waals surface area contributed by atoms with Crippen molar-refractivity contribution in [2.75, 3.05) is 0 Å². The molecular weight excluding hydrogens is 271 g/mol. The molecule has 0 amide bonds. The third-order valence-electron chi connectivity index (χ3n) is 1.01. The van der Waals surface area contributed by atoms with Crippen molar-refractivity contribution < 1.29 is 4.79 Å². The highest BCUT2D eigenvalue weighted by atomic mass is 79.9. The molecule has 1 aromatic rings. The Labute approximate surface area is 86.4 Å². The molecule has 0 aromatic carbocycles. The molecule has 1 atom stereocenters. The van der Waals surface area contributed by atoms with Crippen molar-refractivity contribution in [2.24, 2.45) is 0 Å². The van der Waals surface area contributed by atoms with E-state index >= 15 is 0 Å². The number of hydrogen-bond donors (Lipinski definition) is 0. The molecule has 0 bridgehead atoms. The molecule has 1 heterocycles. The van der Waals surface area contributed by atoms with Crippen molar-refractivity contribution in [1.82, 2.24) is 0 Å². The molecule has 60 valence electrons. The highest BCUT2D eigenvalue weighted by molar-refractivity contribution is 9.10. The average Bonchev–Trinajstić information content (AvgIpc) is 2.34. The minimum absolute atomic E-state index is 0.149. The molecule has 0 spiro atoms. The van der Waals surface area contributed by atoms with Crippen molar-refractivity contribution in [3.05, 3.63) is 21.3 Å². The molecule has 0 aliphatic rings. The van der Waals surface area contributed by atoms with E-state index in [1.807, 2.05) is 0 Å². The maximum Gasteiger partial charge on any atom is 0.201 e. The second kappa shape index (κ2) is 3.90. The maximum absolute atomic E-state index is 11.1. The molecule has 1 nitrogen and oxygen atoms in total. The molecule has 0 radical (unpaired) electrons. The Hall–Kier alpha value is 0.430. The Morgan fingerprint density at radius 3 is 2.64 bits per heavy atom. The standard InChI is InChI=1S/C6H3BrCl2OS/c7-6(9)5(10)3-1-2-4(8)11-3/h1-2,6H. The van der Waals surface area contributed by atoms with E-state index in [0.717, 1.165) is 0 Å². The summed E-state index contributed by atoms with van der Waals surface area (Å²) in [4.78, 5) is 11.7. The highest BCUT2D eigenvalue weighted by Crippen LogP contribution is 2.24. The number of rotatable bonds is 2. The van der Waals surface area contributed by atoms with E-state index in [0.29, 0.717) is 9.21 Å². The van der Waals surface area contributed by atoms with Gasteiger partial charge in [0.25, 0.3) is 0 Å². The quantitative estimate of drug-likeness (QED) is 0.595. The maximum atomic E-state index is 11.1. The van der Waals surface area contributed by atoms with Crippen molar-refractivity contribution in [3.63, 3.8) is 0 Å². The van der Waals surface area contributed by atoms with Crippen LogP contribution in [0.2, 0.25) is 4.34 Å². The molecule has 11 heavy (non-hydrogen) atoms. The third-order valence-corrected chi connectivity index (χ3v) is 2.87. The number of hydrogen-bond acceptors (Lipinski definition) is 2. The van der Waals surface area contributed by atoms with Gasteiger partial charge in [-0.2, -0.15) is 0 Å². The Morgan fingerprint density at radius 2 is 2.27 bits per heavy atom. The number of carbonyl (C=O) groups is 1. The molecule has 0 saturated heterocycles. The number of alkyl halides is 2. The van der Waals surface area contributed by atoms with Gasteiger partial charge in [0.15, 0.2) is 4.29 Å². The minimum atomic E-state index is -0.655. The van der Waals surface area contributed by atoms with Gasteiger partial charge in [0.05, 0.1) is 9.21 Å². The van der Waals surface area contributed by atoms with Crippen LogP contribution >= 0.6 is 50.5 Å². The summed E-state index contributed by atoms with van der Waals surface area (Å²) in [5.41, 5.74) is 0. The van der Waals surface area contributed by atoms with Crippen LogP contribution in [-0.2, 0) is 0 Å². The lowest BCUT2D eigenvalue weighted by molar-refractivity contribution is 0.101. The molecule has 5 heteroatoms. The van der Waals surface area contributed by atoms with Gasteiger partial charge >= 0.3 is 0 Å². The molecule has 0 aliphatic heterocycles. The van der Waals surface area contributed by atoms with Crippen molar-refractivity contribution in [3.8, 4) is 0 Å². The Kier molecular flexibility index (Phi) is 3.37. The molecule has 0 N–H and O–H groups in total. The van der Waals surface area contributed by atoms with E-state index in [-0.39, 0.29) is 5.78 Å². The normalized spacial score (nSPS) is 13.0. The van der Waals surface area contributed by atoms with Crippen LogP contribution in [0.3, 0.4) is 0 Å². The molecule has 0 aliphatic carbocycles. The van der Waals surface area contributed by atoms with Crippen molar-refractivity contribution in [1.29, 1.82) is 0 Å². The van der Waals surface area contributed by atoms with Crippen LogP contribution in [0.15, 0.2) is 12.1 Å². The summed E-state index contributed by atoms with van der Waals surface area (Å²) < 4.78 is -0.0598. The van der Waals surface area contributed by atoms with E-state index in [2.05, 4.69) is 15.9 Å². The zero-order chi connectivity index (χ0) is 8.43. The fourth-order valence-electron chi connectivity index (χ4n) is 0.554. The summed E-state index contributed by atoms with van der Waals surface area (Å²) in [7, 11) is 0. The summed E-state index contributed by atoms with van der Waals surface area (Å²) in [5, 5.41) is 0. The van der Waals surface area contributed by atoms with E-state index in [1.54, 1.807) is 12.1 Å². The lowest BCUT2D eigenvalue weighted by Crippen LogP contribution is -2.04. The fourth-order valence-corrected chi connectivity index (χ4v) is 2.15. The first-order chi connectivity index (χ1) is 5.11. The van der Waals surface area contributed by atoms with Crippen LogP contribution in [0.25, 0.3) is 0 Å². The first-order valence-corrected chi connectivity index (χ1v) is 5.23. The van der Waals surface area contributed by atoms with Gasteiger partial charge < -0.3 is 0 Å². The first-order valence-electron chi connectivity index (χ1n) is 2.69. The zero-order valence-corrected chi connectivity index (χ0v) is 9.10. The predicted molar refractivity (Wildman–Crippen MR) is 52.2 cm³/mol. The Balaban J connectivity index is 2.85. The van der Waals surface area contributed by atoms with Crippen molar-refractivity contribution in [2.45, 2.75) is 4.29 Å². The predicted octanol–water partition coefficient (Wildman–Crippen LogP) is 3.54. The number of carbonyl (C=O) groups excluding carboxylic acids is 1. The van der Waals surface area contributed by atoms with Crippen LogP contribution in [0.5, 0.6) is 0 Å². The minimum Gasteiger partial charge on any atom is -0.291 e. The Morgan fingerprint density at radius 1 is 1.64 bits per heavy atom. The van der Waals surface area contributed by atoms with Crippen LogP contribution in [0, 0.1) is 0 Å². The summed E-state index contributed by atoms with van der Waals surface area (Å²) in [6, 6.07) is 3.33. The molecule has 0 saturated carbocycles. The topological polar surface area (TPSA) is 17.1 Å². The largest absolute Gasteiger partial charge is 0.291 e. The average molecular weight is 274 g/mol. The van der Waals surface area contributed by atoms with Crippen molar-refractivity contribution >= 4 is 56.3 Å². The van der Waals surface area contributed by atoms with Crippen LogP contribution in [0.4, 0.5) is 0 Å². The summed E-state index contributed by atoms with van der Waals surface area (Å²) >= 11 is 15.3. The smallest absolute Gasteiger partial charge is 0.201 e. The van der Waals surface area contributed by atoms with E-state index in [9.17, 15) is 4.79 Å². The van der Waals surface area contributed by atoms with Gasteiger partial charge in [-0.3, -0.25) is 4.79 Å². The summed E-state index contributed by atoms with van der Waals surface area (Å²) in [6.45, 7) is 0. The van der Waals surface area contributed by atoms with E-state index in [4.69, 9.17) is 23.2 Å². The number of ketones is 1. The summed E-state index contributed by atoms with van der Waals surface area (Å²) in [5.74, 6) is -0.149. The lowest BCUT2D eigenvalue weighted by atomic mass is 10.4. The third kappa shape index (κ3) is 2.44. The monoisotopic (exact) mass is 272 g/mol. The van der Waals surface area contributed by atoms with Crippen LogP contribution < -0.4 is 0 Å². The Bertz CT molecular complexity index is 271. The molecule has 1 unspecified atom stereocenters. The van der Waals surface area contributed by atoms with E-state index in [1.165, 1.54) is 11.3 Å². The van der Waals surface area contributed by atoms with E-state index < -0.39 is 4.29 Å². The first kappa shape index (κ1) is 9.52. The number of Topliss-reactive ketones (excluding diaryl/α,β-unsaturated/α-hetero) is 1. The second-order valence-corrected chi connectivity index (χ2v) is 5.36. The second-order valence-electron chi connectivity index (χ2n) is 1.77. The number of thiophene rings is 1. The van der Waals surface area contributed by atoms with Gasteiger partial charge in [-0.05, 0) is 12.1 Å². The number of halogens is 3. The zero-order valence-electron chi connectivity index (χ0n) is 5.18. The SMILES string of the molecule is O=C(c1ccc(Cl)s1)C(Cl)Br. The molecule has 1 rings (SSSR count). The molecule has 0 fully saturated rings. The van der Waals surface area contributed by atoms with Gasteiger partial charge in [-0.1, -0.05) is 27.5 Å². The van der Waals surface area contributed by atoms with Gasteiger partial charge in [-0.15, -0.1) is 22.9 Å². The van der Waals surface area contributed by atoms with Crippen LogP contribution in [0.1, 0.15) is 9.67 Å². The van der Waals surface area contributed by atoms with Gasteiger partial charge in [0, 0.05) is 0 Å². The fraction of sp³-hybridized carbons (Fsp3) is 0.167. The van der Waals surface area contributed by atoms with Crippen LogP contribution in [-0.4, -0.2) is 10.1 Å². The highest BCUT2D eigenvalue weighted by Gasteiger charge is 2.15. The van der Waals surface area contributed by atoms with Gasteiger partial charge in [0.1, 0.15) is 0 Å². The lowest BCUT2D eigenvalue weighted by Gasteiger charge is -1.94. The molecular formula is C6H3BrCl2OS. The summed E-state index contributed by atoms with van der Waals surface area (Å²) in [6.07, 6.45) is 0. The van der Waals surface area contributed by atoms with Gasteiger partial charge in [-0.25, -0.2) is 0 Å². The van der Waals surface area contributed by atoms with Gasteiger partial charge in [0.2, 0.25) is 5.78 Å².